The average Bonchev–Trinajstić information content (AvgIpc) is 3.10. The van der Waals surface area contributed by atoms with E-state index in [1.807, 2.05) is 22.4 Å². The molecule has 4 rings (SSSR count). The first-order valence-electron chi connectivity index (χ1n) is 7.50. The van der Waals surface area contributed by atoms with Crippen LogP contribution in [0.1, 0.15) is 0 Å². The van der Waals surface area contributed by atoms with E-state index in [0.29, 0.717) is 19.0 Å². The molecule has 0 N–H and O–H groups in total. The van der Waals surface area contributed by atoms with Crippen molar-refractivity contribution in [2.45, 2.75) is 0 Å². The molecule has 7 nitrogen and oxygen atoms in total. The molecule has 1 aliphatic rings. The Morgan fingerprint density at radius 2 is 2.12 bits per heavy atom. The van der Waals surface area contributed by atoms with Crippen LogP contribution in [-0.4, -0.2) is 47.6 Å². The molecule has 0 aromatic carbocycles. The van der Waals surface area contributed by atoms with E-state index in [1.165, 1.54) is 0 Å². The highest BCUT2D eigenvalue weighted by Gasteiger charge is 2.27. The molecule has 1 fully saturated rings. The Kier molecular flexibility index (Phi) is 3.73. The van der Waals surface area contributed by atoms with Crippen LogP contribution in [0.25, 0.3) is 10.2 Å². The van der Waals surface area contributed by atoms with Gasteiger partial charge in [0.25, 0.3) is 0 Å². The number of pyridine rings is 1. The first-order chi connectivity index (χ1) is 11.8. The SMILES string of the molecule is COc1cc(N2CCN(c3ncnc4ccsc34)CC2=O)ccn1. The molecule has 3 aromatic rings. The van der Waals surface area contributed by atoms with Crippen LogP contribution in [-0.2, 0) is 4.79 Å². The van der Waals surface area contributed by atoms with Crippen LogP contribution in [0.2, 0.25) is 0 Å². The van der Waals surface area contributed by atoms with Crippen LogP contribution in [0.15, 0.2) is 36.1 Å². The Balaban J connectivity index is 1.58. The van der Waals surface area contributed by atoms with Crippen molar-refractivity contribution in [2.24, 2.45) is 0 Å². The first-order valence-corrected chi connectivity index (χ1v) is 8.38. The van der Waals surface area contributed by atoms with E-state index in [0.717, 1.165) is 21.7 Å². The molecular formula is C16H15N5O2S. The van der Waals surface area contributed by atoms with Gasteiger partial charge in [-0.25, -0.2) is 15.0 Å². The molecule has 1 amide bonds. The zero-order chi connectivity index (χ0) is 16.5. The fourth-order valence-corrected chi connectivity index (χ4v) is 3.67. The monoisotopic (exact) mass is 341 g/mol. The highest BCUT2D eigenvalue weighted by atomic mass is 32.1. The lowest BCUT2D eigenvalue weighted by molar-refractivity contribution is -0.117. The summed E-state index contributed by atoms with van der Waals surface area (Å²) in [5, 5.41) is 1.99. The van der Waals surface area contributed by atoms with Gasteiger partial charge in [0.2, 0.25) is 11.8 Å². The maximum absolute atomic E-state index is 12.6. The van der Waals surface area contributed by atoms with Gasteiger partial charge in [-0.2, -0.15) is 0 Å². The number of ether oxygens (including phenoxy) is 1. The maximum atomic E-state index is 12.6. The van der Waals surface area contributed by atoms with E-state index in [2.05, 4.69) is 15.0 Å². The minimum absolute atomic E-state index is 0.0258. The molecule has 0 saturated carbocycles. The molecule has 0 radical (unpaired) electrons. The quantitative estimate of drug-likeness (QED) is 0.725. The summed E-state index contributed by atoms with van der Waals surface area (Å²) >= 11 is 1.59. The van der Waals surface area contributed by atoms with Crippen molar-refractivity contribution in [2.75, 3.05) is 36.5 Å². The third kappa shape index (κ3) is 2.54. The summed E-state index contributed by atoms with van der Waals surface area (Å²) in [6, 6.07) is 5.56. The largest absolute Gasteiger partial charge is 0.481 e. The van der Waals surface area contributed by atoms with Gasteiger partial charge in [0, 0.05) is 25.4 Å². The Morgan fingerprint density at radius 3 is 2.96 bits per heavy atom. The van der Waals surface area contributed by atoms with Crippen molar-refractivity contribution in [1.29, 1.82) is 0 Å². The van der Waals surface area contributed by atoms with Crippen LogP contribution in [0.5, 0.6) is 5.88 Å². The highest BCUT2D eigenvalue weighted by molar-refractivity contribution is 7.17. The normalized spacial score (nSPS) is 15.1. The summed E-state index contributed by atoms with van der Waals surface area (Å²) in [5.41, 5.74) is 1.72. The minimum Gasteiger partial charge on any atom is -0.481 e. The van der Waals surface area contributed by atoms with E-state index in [9.17, 15) is 4.79 Å². The fourth-order valence-electron chi connectivity index (χ4n) is 2.81. The van der Waals surface area contributed by atoms with Gasteiger partial charge in [0.1, 0.15) is 6.33 Å². The number of thiophene rings is 1. The first kappa shape index (κ1) is 14.8. The van der Waals surface area contributed by atoms with Gasteiger partial charge >= 0.3 is 0 Å². The van der Waals surface area contributed by atoms with Crippen molar-refractivity contribution in [3.05, 3.63) is 36.1 Å². The van der Waals surface area contributed by atoms with Crippen molar-refractivity contribution in [3.63, 3.8) is 0 Å². The van der Waals surface area contributed by atoms with Crippen LogP contribution in [0.4, 0.5) is 11.5 Å². The van der Waals surface area contributed by atoms with Crippen molar-refractivity contribution in [3.8, 4) is 5.88 Å². The lowest BCUT2D eigenvalue weighted by Gasteiger charge is -2.35. The van der Waals surface area contributed by atoms with Gasteiger partial charge in [-0.05, 0) is 17.5 Å². The second-order valence-electron chi connectivity index (χ2n) is 5.36. The average molecular weight is 341 g/mol. The van der Waals surface area contributed by atoms with Gasteiger partial charge in [-0.15, -0.1) is 11.3 Å². The molecule has 24 heavy (non-hydrogen) atoms. The molecular weight excluding hydrogens is 326 g/mol. The molecule has 0 unspecified atom stereocenters. The summed E-state index contributed by atoms with van der Waals surface area (Å²) in [6.45, 7) is 1.58. The Labute approximate surface area is 142 Å². The molecule has 0 aliphatic carbocycles. The summed E-state index contributed by atoms with van der Waals surface area (Å²) in [7, 11) is 1.56. The van der Waals surface area contributed by atoms with Gasteiger partial charge in [-0.1, -0.05) is 0 Å². The van der Waals surface area contributed by atoms with E-state index < -0.39 is 0 Å². The Morgan fingerprint density at radius 1 is 1.21 bits per heavy atom. The van der Waals surface area contributed by atoms with E-state index in [-0.39, 0.29) is 12.5 Å². The molecule has 0 atom stereocenters. The van der Waals surface area contributed by atoms with E-state index >= 15 is 0 Å². The number of amides is 1. The fraction of sp³-hybridized carbons (Fsp3) is 0.250. The predicted molar refractivity (Wildman–Crippen MR) is 92.8 cm³/mol. The van der Waals surface area contributed by atoms with E-state index in [4.69, 9.17) is 4.74 Å². The number of methoxy groups -OCH3 is 1. The minimum atomic E-state index is 0.0258. The number of aromatic nitrogens is 3. The third-order valence-corrected chi connectivity index (χ3v) is 4.88. The standard InChI is InChI=1S/C16H15N5O2S/c1-23-13-8-11(2-4-17-13)21-6-5-20(9-14(21)22)16-15-12(3-7-24-15)18-10-19-16/h2-4,7-8,10H,5-6,9H2,1H3. The van der Waals surface area contributed by atoms with Crippen molar-refractivity contribution < 1.29 is 9.53 Å². The molecule has 0 spiro atoms. The summed E-state index contributed by atoms with van der Waals surface area (Å²) < 4.78 is 6.15. The second-order valence-corrected chi connectivity index (χ2v) is 6.27. The summed E-state index contributed by atoms with van der Waals surface area (Å²) in [6.07, 6.45) is 3.20. The number of carbonyl (C=O) groups is 1. The van der Waals surface area contributed by atoms with Gasteiger partial charge in [0.15, 0.2) is 5.82 Å². The smallest absolute Gasteiger partial charge is 0.246 e. The zero-order valence-electron chi connectivity index (χ0n) is 13.0. The number of anilines is 2. The molecule has 122 valence electrons. The van der Waals surface area contributed by atoms with Gasteiger partial charge < -0.3 is 14.5 Å². The number of hydrogen-bond acceptors (Lipinski definition) is 7. The summed E-state index contributed by atoms with van der Waals surface area (Å²) in [4.78, 5) is 29.1. The van der Waals surface area contributed by atoms with Crippen LogP contribution in [0, 0.1) is 0 Å². The van der Waals surface area contributed by atoms with Crippen molar-refractivity contribution in [1.82, 2.24) is 15.0 Å². The maximum Gasteiger partial charge on any atom is 0.246 e. The second kappa shape index (κ2) is 6.04. The van der Waals surface area contributed by atoms with Crippen LogP contribution in [0.3, 0.4) is 0 Å². The lowest BCUT2D eigenvalue weighted by atomic mass is 10.2. The number of nitrogens with zero attached hydrogens (tertiary/aromatic N) is 5. The number of piperazine rings is 1. The van der Waals surface area contributed by atoms with Crippen LogP contribution >= 0.6 is 11.3 Å². The number of carbonyl (C=O) groups excluding carboxylic acids is 1. The van der Waals surface area contributed by atoms with Crippen LogP contribution < -0.4 is 14.5 Å². The molecule has 8 heteroatoms. The highest BCUT2D eigenvalue weighted by Crippen LogP contribution is 2.29. The molecule has 1 saturated heterocycles. The van der Waals surface area contributed by atoms with Crippen molar-refractivity contribution >= 4 is 39.0 Å². The zero-order valence-corrected chi connectivity index (χ0v) is 13.9. The Bertz CT molecular complexity index is 897. The topological polar surface area (TPSA) is 71.5 Å². The predicted octanol–water partition coefficient (Wildman–Crippen LogP) is 1.95. The number of hydrogen-bond donors (Lipinski definition) is 0. The molecule has 4 heterocycles. The number of rotatable bonds is 3. The molecule has 1 aliphatic heterocycles. The van der Waals surface area contributed by atoms with Gasteiger partial charge in [-0.3, -0.25) is 4.79 Å². The lowest BCUT2D eigenvalue weighted by Crippen LogP contribution is -2.51. The van der Waals surface area contributed by atoms with Gasteiger partial charge in [0.05, 0.1) is 29.6 Å². The Hall–Kier alpha value is -2.74. The number of fused-ring (bicyclic) bond motifs is 1. The summed E-state index contributed by atoms with van der Waals surface area (Å²) in [5.74, 6) is 1.35. The third-order valence-electron chi connectivity index (χ3n) is 3.98. The molecule has 0 bridgehead atoms. The molecule has 3 aromatic heterocycles. The van der Waals surface area contributed by atoms with E-state index in [1.54, 1.807) is 41.9 Å².